The van der Waals surface area contributed by atoms with Gasteiger partial charge in [-0.2, -0.15) is 0 Å². The lowest BCUT2D eigenvalue weighted by Gasteiger charge is -2.09. The van der Waals surface area contributed by atoms with E-state index in [0.717, 1.165) is 14.5 Å². The molecule has 0 bridgehead atoms. The molecule has 4 nitrogen and oxygen atoms in total. The standard InChI is InChI=1S/C13H9Br2NO3/c1-7-4-12(16-6-10(7)15)19-11-5-8(14)2-3-9(11)13(17)18/h2-6H,1H3,(H,17,18). The SMILES string of the molecule is Cc1cc(Oc2cc(Br)ccc2C(=O)O)ncc1Br. The Labute approximate surface area is 126 Å². The van der Waals surface area contributed by atoms with Crippen molar-refractivity contribution in [3.05, 3.63) is 50.5 Å². The summed E-state index contributed by atoms with van der Waals surface area (Å²) in [7, 11) is 0. The average Bonchev–Trinajstić information content (AvgIpc) is 2.33. The molecule has 98 valence electrons. The molecule has 0 radical (unpaired) electrons. The van der Waals surface area contributed by atoms with Crippen LogP contribution in [0.1, 0.15) is 15.9 Å². The van der Waals surface area contributed by atoms with Gasteiger partial charge in [0.15, 0.2) is 0 Å². The number of hydrogen-bond acceptors (Lipinski definition) is 3. The van der Waals surface area contributed by atoms with Crippen LogP contribution in [-0.4, -0.2) is 16.1 Å². The molecule has 1 aromatic heterocycles. The molecule has 6 heteroatoms. The summed E-state index contributed by atoms with van der Waals surface area (Å²) >= 11 is 6.63. The van der Waals surface area contributed by atoms with Crippen LogP contribution < -0.4 is 4.74 Å². The molecule has 2 rings (SSSR count). The quantitative estimate of drug-likeness (QED) is 0.848. The monoisotopic (exact) mass is 385 g/mol. The van der Waals surface area contributed by atoms with Crippen LogP contribution >= 0.6 is 31.9 Å². The highest BCUT2D eigenvalue weighted by Crippen LogP contribution is 2.29. The molecule has 1 aromatic carbocycles. The van der Waals surface area contributed by atoms with Gasteiger partial charge in [0.2, 0.25) is 5.88 Å². The van der Waals surface area contributed by atoms with E-state index in [2.05, 4.69) is 36.8 Å². The van der Waals surface area contributed by atoms with E-state index >= 15 is 0 Å². The molecule has 0 spiro atoms. The Bertz CT molecular complexity index is 644. The van der Waals surface area contributed by atoms with E-state index in [0.29, 0.717) is 5.88 Å². The molecule has 0 saturated carbocycles. The summed E-state index contributed by atoms with van der Waals surface area (Å²) < 4.78 is 7.15. The molecule has 0 amide bonds. The minimum atomic E-state index is -1.05. The maximum atomic E-state index is 11.1. The van der Waals surface area contributed by atoms with Crippen molar-refractivity contribution < 1.29 is 14.6 Å². The molecule has 0 fully saturated rings. The van der Waals surface area contributed by atoms with Crippen LogP contribution in [0.2, 0.25) is 0 Å². The molecule has 0 aliphatic carbocycles. The van der Waals surface area contributed by atoms with Crippen molar-refractivity contribution in [3.63, 3.8) is 0 Å². The summed E-state index contributed by atoms with van der Waals surface area (Å²) in [4.78, 5) is 15.2. The number of ether oxygens (including phenoxy) is 1. The van der Waals surface area contributed by atoms with Gasteiger partial charge < -0.3 is 9.84 Å². The van der Waals surface area contributed by atoms with Gasteiger partial charge in [-0.15, -0.1) is 0 Å². The highest BCUT2D eigenvalue weighted by molar-refractivity contribution is 9.10. The Hall–Kier alpha value is -1.40. The number of aromatic nitrogens is 1. The Kier molecular flexibility index (Phi) is 4.21. The van der Waals surface area contributed by atoms with E-state index in [9.17, 15) is 4.79 Å². The van der Waals surface area contributed by atoms with Crippen molar-refractivity contribution in [3.8, 4) is 11.6 Å². The van der Waals surface area contributed by atoms with Crippen LogP contribution in [-0.2, 0) is 0 Å². The van der Waals surface area contributed by atoms with Crippen molar-refractivity contribution in [1.29, 1.82) is 0 Å². The van der Waals surface area contributed by atoms with Crippen LogP contribution in [0.25, 0.3) is 0 Å². The summed E-state index contributed by atoms with van der Waals surface area (Å²) in [6.45, 7) is 1.90. The number of nitrogens with zero attached hydrogens (tertiary/aromatic N) is 1. The second-order valence-corrected chi connectivity index (χ2v) is 5.59. The van der Waals surface area contributed by atoms with Crippen molar-refractivity contribution in [2.45, 2.75) is 6.92 Å². The highest BCUT2D eigenvalue weighted by atomic mass is 79.9. The molecule has 2 aromatic rings. The van der Waals surface area contributed by atoms with E-state index in [1.807, 2.05) is 6.92 Å². The van der Waals surface area contributed by atoms with Gasteiger partial charge in [0.05, 0.1) is 0 Å². The Morgan fingerprint density at radius 3 is 2.68 bits per heavy atom. The van der Waals surface area contributed by atoms with Gasteiger partial charge in [-0.3, -0.25) is 0 Å². The first-order chi connectivity index (χ1) is 8.97. The maximum absolute atomic E-state index is 11.1. The molecule has 19 heavy (non-hydrogen) atoms. The van der Waals surface area contributed by atoms with Crippen molar-refractivity contribution in [2.75, 3.05) is 0 Å². The third kappa shape index (κ3) is 3.33. The summed E-state index contributed by atoms with van der Waals surface area (Å²) in [6, 6.07) is 6.46. The largest absolute Gasteiger partial charge is 0.478 e. The smallest absolute Gasteiger partial charge is 0.339 e. The van der Waals surface area contributed by atoms with Crippen molar-refractivity contribution >= 4 is 37.8 Å². The Balaban J connectivity index is 2.39. The first kappa shape index (κ1) is 14.0. The van der Waals surface area contributed by atoms with Gasteiger partial charge in [0.1, 0.15) is 11.3 Å². The number of benzene rings is 1. The molecule has 1 N–H and O–H groups in total. The van der Waals surface area contributed by atoms with Gasteiger partial charge in [-0.05, 0) is 46.6 Å². The van der Waals surface area contributed by atoms with E-state index in [1.54, 1.807) is 24.4 Å². The maximum Gasteiger partial charge on any atom is 0.339 e. The Morgan fingerprint density at radius 2 is 2.05 bits per heavy atom. The number of carboxylic acid groups (broad SMARTS) is 1. The second-order valence-electron chi connectivity index (χ2n) is 3.82. The molecule has 0 aliphatic rings. The lowest BCUT2D eigenvalue weighted by molar-refractivity contribution is 0.0694. The number of aromatic carboxylic acids is 1. The molecule has 0 aliphatic heterocycles. The average molecular weight is 387 g/mol. The lowest BCUT2D eigenvalue weighted by Crippen LogP contribution is -2.00. The first-order valence-corrected chi connectivity index (χ1v) is 6.89. The zero-order valence-electron chi connectivity index (χ0n) is 9.85. The topological polar surface area (TPSA) is 59.4 Å². The highest BCUT2D eigenvalue weighted by Gasteiger charge is 2.13. The number of halogens is 2. The van der Waals surface area contributed by atoms with Crippen LogP contribution in [0.3, 0.4) is 0 Å². The number of aryl methyl sites for hydroxylation is 1. The van der Waals surface area contributed by atoms with Crippen LogP contribution in [0.15, 0.2) is 39.4 Å². The third-order valence-corrected chi connectivity index (χ3v) is 3.73. The normalized spacial score (nSPS) is 10.3. The molecular formula is C13H9Br2NO3. The predicted molar refractivity (Wildman–Crippen MR) is 77.8 cm³/mol. The van der Waals surface area contributed by atoms with Crippen LogP contribution in [0.4, 0.5) is 0 Å². The van der Waals surface area contributed by atoms with Gasteiger partial charge in [-0.25, -0.2) is 9.78 Å². The van der Waals surface area contributed by atoms with Gasteiger partial charge >= 0.3 is 5.97 Å². The van der Waals surface area contributed by atoms with Gasteiger partial charge in [-0.1, -0.05) is 15.9 Å². The van der Waals surface area contributed by atoms with E-state index in [-0.39, 0.29) is 11.3 Å². The van der Waals surface area contributed by atoms with Gasteiger partial charge in [0.25, 0.3) is 0 Å². The van der Waals surface area contributed by atoms with Crippen molar-refractivity contribution in [2.24, 2.45) is 0 Å². The summed E-state index contributed by atoms with van der Waals surface area (Å²) in [5.74, 6) is -0.450. The third-order valence-electron chi connectivity index (χ3n) is 2.41. The zero-order chi connectivity index (χ0) is 14.0. The number of carboxylic acids is 1. The minimum absolute atomic E-state index is 0.0885. The van der Waals surface area contributed by atoms with Crippen LogP contribution in [0, 0.1) is 6.92 Å². The van der Waals surface area contributed by atoms with Crippen LogP contribution in [0.5, 0.6) is 11.6 Å². The van der Waals surface area contributed by atoms with Crippen molar-refractivity contribution in [1.82, 2.24) is 4.98 Å². The lowest BCUT2D eigenvalue weighted by atomic mass is 10.2. The predicted octanol–water partition coefficient (Wildman–Crippen LogP) is 4.41. The number of rotatable bonds is 3. The minimum Gasteiger partial charge on any atom is -0.478 e. The fourth-order valence-electron chi connectivity index (χ4n) is 1.44. The molecule has 0 saturated heterocycles. The molecule has 1 heterocycles. The summed E-state index contributed by atoms with van der Waals surface area (Å²) in [5, 5.41) is 9.11. The molecular weight excluding hydrogens is 378 g/mol. The fourth-order valence-corrected chi connectivity index (χ4v) is 2.00. The molecule has 0 unspecified atom stereocenters. The second kappa shape index (κ2) is 5.71. The van der Waals surface area contributed by atoms with E-state index < -0.39 is 5.97 Å². The van der Waals surface area contributed by atoms with E-state index in [1.165, 1.54) is 6.07 Å². The molecule has 0 atom stereocenters. The number of hydrogen-bond donors (Lipinski definition) is 1. The number of carbonyl (C=O) groups is 1. The first-order valence-electron chi connectivity index (χ1n) is 5.30. The number of pyridine rings is 1. The van der Waals surface area contributed by atoms with Gasteiger partial charge in [0, 0.05) is 21.2 Å². The summed E-state index contributed by atoms with van der Waals surface area (Å²) in [5.41, 5.74) is 1.04. The zero-order valence-corrected chi connectivity index (χ0v) is 13.0. The fraction of sp³-hybridized carbons (Fsp3) is 0.0769. The summed E-state index contributed by atoms with van der Waals surface area (Å²) in [6.07, 6.45) is 1.61. The Morgan fingerprint density at radius 1 is 1.32 bits per heavy atom. The van der Waals surface area contributed by atoms with E-state index in [4.69, 9.17) is 9.84 Å².